The van der Waals surface area contributed by atoms with Gasteiger partial charge in [0, 0.05) is 12.1 Å². The molecule has 3 aromatic rings. The molecule has 0 aliphatic rings. The second kappa shape index (κ2) is 4.61. The van der Waals surface area contributed by atoms with Crippen LogP contribution in [0.25, 0.3) is 22.6 Å². The molecule has 0 N–H and O–H groups in total. The van der Waals surface area contributed by atoms with Gasteiger partial charge in [0.05, 0.1) is 15.5 Å². The number of hydrogen-bond donors (Lipinski definition) is 0. The Balaban J connectivity index is 2.15. The van der Waals surface area contributed by atoms with Crippen molar-refractivity contribution in [3.05, 3.63) is 57.1 Å². The third-order valence-electron chi connectivity index (χ3n) is 2.94. The molecule has 0 saturated heterocycles. The molecule has 0 amide bonds. The fourth-order valence-corrected chi connectivity index (χ4v) is 2.25. The number of oxazole rings is 1. The van der Waals surface area contributed by atoms with Crippen LogP contribution in [0.2, 0.25) is 5.02 Å². The Hall–Kier alpha value is -2.40. The lowest BCUT2D eigenvalue weighted by Gasteiger charge is -1.99. The van der Waals surface area contributed by atoms with Crippen LogP contribution in [0.15, 0.2) is 40.8 Å². The molecule has 5 nitrogen and oxygen atoms in total. The van der Waals surface area contributed by atoms with Crippen LogP contribution < -0.4 is 0 Å². The van der Waals surface area contributed by atoms with Crippen molar-refractivity contribution in [1.29, 1.82) is 0 Å². The van der Waals surface area contributed by atoms with Gasteiger partial charge in [-0.05, 0) is 30.7 Å². The molecule has 100 valence electrons. The number of nitrogens with zero attached hydrogens (tertiary/aromatic N) is 2. The minimum Gasteiger partial charge on any atom is -0.436 e. The fourth-order valence-electron chi connectivity index (χ4n) is 1.94. The lowest BCUT2D eigenvalue weighted by molar-refractivity contribution is -0.384. The lowest BCUT2D eigenvalue weighted by Crippen LogP contribution is -1.86. The molecule has 6 heteroatoms. The van der Waals surface area contributed by atoms with Crippen molar-refractivity contribution >= 4 is 28.4 Å². The van der Waals surface area contributed by atoms with Gasteiger partial charge in [-0.2, -0.15) is 0 Å². The predicted octanol–water partition coefficient (Wildman–Crippen LogP) is 4.36. The smallest absolute Gasteiger partial charge is 0.271 e. The Kier molecular flexibility index (Phi) is 2.91. The molecule has 0 spiro atoms. The molecular formula is C14H9ClN2O3. The summed E-state index contributed by atoms with van der Waals surface area (Å²) in [5.74, 6) is 0.352. The van der Waals surface area contributed by atoms with E-state index >= 15 is 0 Å². The Morgan fingerprint density at radius 3 is 2.75 bits per heavy atom. The van der Waals surface area contributed by atoms with Crippen molar-refractivity contribution in [2.45, 2.75) is 6.92 Å². The predicted molar refractivity (Wildman–Crippen MR) is 75.8 cm³/mol. The van der Waals surface area contributed by atoms with Crippen molar-refractivity contribution in [2.24, 2.45) is 0 Å². The minimum atomic E-state index is -0.466. The maximum Gasteiger partial charge on any atom is 0.271 e. The van der Waals surface area contributed by atoms with E-state index in [1.165, 1.54) is 18.2 Å². The highest BCUT2D eigenvalue weighted by Crippen LogP contribution is 2.31. The number of nitro groups is 1. The molecule has 0 fully saturated rings. The van der Waals surface area contributed by atoms with Gasteiger partial charge in [0.15, 0.2) is 5.58 Å². The average molecular weight is 289 g/mol. The fraction of sp³-hybridized carbons (Fsp3) is 0.0714. The lowest BCUT2D eigenvalue weighted by atomic mass is 10.1. The zero-order valence-electron chi connectivity index (χ0n) is 10.5. The van der Waals surface area contributed by atoms with E-state index in [2.05, 4.69) is 4.98 Å². The summed E-state index contributed by atoms with van der Waals surface area (Å²) >= 11 is 6.17. The van der Waals surface area contributed by atoms with Crippen LogP contribution in [0.5, 0.6) is 0 Å². The Morgan fingerprint density at radius 1 is 1.25 bits per heavy atom. The second-order valence-electron chi connectivity index (χ2n) is 4.41. The van der Waals surface area contributed by atoms with E-state index in [1.807, 2.05) is 25.1 Å². The number of rotatable bonds is 2. The second-order valence-corrected chi connectivity index (χ2v) is 4.82. The van der Waals surface area contributed by atoms with Gasteiger partial charge in [-0.1, -0.05) is 17.7 Å². The van der Waals surface area contributed by atoms with Crippen molar-refractivity contribution in [2.75, 3.05) is 0 Å². The van der Waals surface area contributed by atoms with Crippen LogP contribution in [0.4, 0.5) is 5.69 Å². The first-order chi connectivity index (χ1) is 9.54. The van der Waals surface area contributed by atoms with Crippen LogP contribution in [0.3, 0.4) is 0 Å². The quantitative estimate of drug-likeness (QED) is 0.519. The van der Waals surface area contributed by atoms with Crippen molar-refractivity contribution in [1.82, 2.24) is 4.98 Å². The largest absolute Gasteiger partial charge is 0.436 e. The highest BCUT2D eigenvalue weighted by molar-refractivity contribution is 6.33. The number of aryl methyl sites for hydroxylation is 1. The normalized spacial score (nSPS) is 10.9. The molecule has 1 heterocycles. The zero-order valence-corrected chi connectivity index (χ0v) is 11.2. The van der Waals surface area contributed by atoms with E-state index in [4.69, 9.17) is 16.0 Å². The minimum absolute atomic E-state index is 0.0210. The molecular weight excluding hydrogens is 280 g/mol. The molecule has 1 aromatic heterocycles. The van der Waals surface area contributed by atoms with E-state index in [0.29, 0.717) is 27.6 Å². The van der Waals surface area contributed by atoms with Crippen LogP contribution in [0.1, 0.15) is 5.56 Å². The highest BCUT2D eigenvalue weighted by atomic mass is 35.5. The summed E-state index contributed by atoms with van der Waals surface area (Å²) in [5.41, 5.74) is 2.60. The average Bonchev–Trinajstić information content (AvgIpc) is 2.80. The van der Waals surface area contributed by atoms with Gasteiger partial charge in [0.25, 0.3) is 5.69 Å². The number of benzene rings is 2. The first-order valence-electron chi connectivity index (χ1n) is 5.86. The topological polar surface area (TPSA) is 69.2 Å². The maximum absolute atomic E-state index is 10.7. The van der Waals surface area contributed by atoms with Gasteiger partial charge in [-0.25, -0.2) is 4.98 Å². The number of hydrogen-bond acceptors (Lipinski definition) is 4. The van der Waals surface area contributed by atoms with Crippen molar-refractivity contribution in [3.63, 3.8) is 0 Å². The van der Waals surface area contributed by atoms with Gasteiger partial charge in [-0.3, -0.25) is 10.1 Å². The molecule has 0 atom stereocenters. The number of non-ortho nitro benzene ring substituents is 1. The van der Waals surface area contributed by atoms with Gasteiger partial charge >= 0.3 is 0 Å². The van der Waals surface area contributed by atoms with Gasteiger partial charge in [0.2, 0.25) is 5.89 Å². The summed E-state index contributed by atoms with van der Waals surface area (Å²) in [4.78, 5) is 14.5. The summed E-state index contributed by atoms with van der Waals surface area (Å²) in [5, 5.41) is 11.3. The first-order valence-corrected chi connectivity index (χ1v) is 6.24. The molecule has 0 unspecified atom stereocenters. The van der Waals surface area contributed by atoms with Crippen LogP contribution >= 0.6 is 11.6 Å². The SMILES string of the molecule is Cc1ccc(-c2nc3cc([N+](=O)[O-])ccc3o2)c(Cl)c1. The third-order valence-corrected chi connectivity index (χ3v) is 3.25. The number of aromatic nitrogens is 1. The number of fused-ring (bicyclic) bond motifs is 1. The van der Waals surface area contributed by atoms with E-state index in [-0.39, 0.29) is 5.69 Å². The highest BCUT2D eigenvalue weighted by Gasteiger charge is 2.14. The number of halogens is 1. The standard InChI is InChI=1S/C14H9ClN2O3/c1-8-2-4-10(11(15)6-8)14-16-12-7-9(17(18)19)3-5-13(12)20-14/h2-7H,1H3. The van der Waals surface area contributed by atoms with Gasteiger partial charge in [0.1, 0.15) is 5.52 Å². The molecule has 0 aliphatic heterocycles. The summed E-state index contributed by atoms with van der Waals surface area (Å²) in [6.07, 6.45) is 0. The molecule has 0 aliphatic carbocycles. The summed E-state index contributed by atoms with van der Waals surface area (Å²) in [6, 6.07) is 9.83. The van der Waals surface area contributed by atoms with Gasteiger partial charge < -0.3 is 4.42 Å². The first kappa shape index (κ1) is 12.6. The number of nitro benzene ring substituents is 1. The van der Waals surface area contributed by atoms with E-state index in [1.54, 1.807) is 0 Å². The summed E-state index contributed by atoms with van der Waals surface area (Å²) in [6.45, 7) is 1.94. The summed E-state index contributed by atoms with van der Waals surface area (Å²) < 4.78 is 5.59. The third kappa shape index (κ3) is 2.12. The Morgan fingerprint density at radius 2 is 2.05 bits per heavy atom. The Labute approximate surface area is 119 Å². The van der Waals surface area contributed by atoms with Crippen molar-refractivity contribution < 1.29 is 9.34 Å². The molecule has 0 saturated carbocycles. The molecule has 0 bridgehead atoms. The molecule has 20 heavy (non-hydrogen) atoms. The molecule has 3 rings (SSSR count). The van der Waals surface area contributed by atoms with Crippen LogP contribution in [0, 0.1) is 17.0 Å². The maximum atomic E-state index is 10.7. The monoisotopic (exact) mass is 288 g/mol. The van der Waals surface area contributed by atoms with Crippen LogP contribution in [-0.2, 0) is 0 Å². The van der Waals surface area contributed by atoms with Crippen molar-refractivity contribution in [3.8, 4) is 11.5 Å². The van der Waals surface area contributed by atoms with E-state index in [9.17, 15) is 10.1 Å². The molecule has 0 radical (unpaired) electrons. The summed E-state index contributed by atoms with van der Waals surface area (Å²) in [7, 11) is 0. The molecule has 2 aromatic carbocycles. The van der Waals surface area contributed by atoms with Crippen LogP contribution in [-0.4, -0.2) is 9.91 Å². The van der Waals surface area contributed by atoms with Gasteiger partial charge in [-0.15, -0.1) is 0 Å². The Bertz CT molecular complexity index is 826. The van der Waals surface area contributed by atoms with E-state index < -0.39 is 4.92 Å². The van der Waals surface area contributed by atoms with E-state index in [0.717, 1.165) is 5.56 Å². The zero-order chi connectivity index (χ0) is 14.3.